The van der Waals surface area contributed by atoms with E-state index < -0.39 is 0 Å². The van der Waals surface area contributed by atoms with Crippen LogP contribution in [0.5, 0.6) is 0 Å². The smallest absolute Gasteiger partial charge is 0.251 e. The molecule has 4 aromatic rings. The largest absolute Gasteiger partial charge is 0.355 e. The summed E-state index contributed by atoms with van der Waals surface area (Å²) in [6.07, 6.45) is 0. The lowest BCUT2D eigenvalue weighted by Gasteiger charge is -2.13. The van der Waals surface area contributed by atoms with Gasteiger partial charge in [-0.15, -0.1) is 10.2 Å². The van der Waals surface area contributed by atoms with Crippen molar-refractivity contribution in [3.63, 3.8) is 0 Å². The second-order valence-electron chi connectivity index (χ2n) is 7.43. The Morgan fingerprint density at radius 3 is 2.35 bits per heavy atom. The lowest BCUT2D eigenvalue weighted by atomic mass is 10.1. The highest BCUT2D eigenvalue weighted by Gasteiger charge is 2.18. The Labute approximate surface area is 206 Å². The maximum absolute atomic E-state index is 12.6. The molecule has 4 rings (SSSR count). The normalized spacial score (nSPS) is 10.7. The fourth-order valence-electron chi connectivity index (χ4n) is 3.36. The third-order valence-electron chi connectivity index (χ3n) is 5.08. The van der Waals surface area contributed by atoms with E-state index >= 15 is 0 Å². The maximum Gasteiger partial charge on any atom is 0.251 e. The van der Waals surface area contributed by atoms with E-state index in [2.05, 4.69) is 20.8 Å². The molecule has 0 atom stereocenters. The van der Waals surface area contributed by atoms with E-state index in [4.69, 9.17) is 11.6 Å². The minimum Gasteiger partial charge on any atom is -0.355 e. The van der Waals surface area contributed by atoms with Gasteiger partial charge in [-0.05, 0) is 67.1 Å². The number of para-hydroxylation sites is 1. The molecule has 7 nitrogen and oxygen atoms in total. The van der Waals surface area contributed by atoms with Crippen LogP contribution in [0.2, 0.25) is 5.02 Å². The summed E-state index contributed by atoms with van der Waals surface area (Å²) in [5.41, 5.74) is 3.99. The van der Waals surface area contributed by atoms with E-state index in [0.717, 1.165) is 16.8 Å². The minimum absolute atomic E-state index is 0.141. The second kappa shape index (κ2) is 10.5. The number of hydrogen-bond donors (Lipinski definition) is 2. The van der Waals surface area contributed by atoms with E-state index in [9.17, 15) is 9.59 Å². The zero-order chi connectivity index (χ0) is 24.1. The van der Waals surface area contributed by atoms with Crippen LogP contribution in [0.4, 0.5) is 5.69 Å². The summed E-state index contributed by atoms with van der Waals surface area (Å²) in [4.78, 5) is 24.3. The maximum atomic E-state index is 12.6. The van der Waals surface area contributed by atoms with Crippen LogP contribution in [0, 0.1) is 6.92 Å². The van der Waals surface area contributed by atoms with E-state index in [1.54, 1.807) is 31.3 Å². The quantitative estimate of drug-likeness (QED) is 0.356. The highest BCUT2D eigenvalue weighted by Crippen LogP contribution is 2.30. The number of carbonyl (C=O) groups excluding carboxylic acids is 2. The monoisotopic (exact) mass is 491 g/mol. The molecule has 0 aliphatic carbocycles. The van der Waals surface area contributed by atoms with Crippen molar-refractivity contribution in [2.24, 2.45) is 0 Å². The van der Waals surface area contributed by atoms with E-state index in [-0.39, 0.29) is 17.6 Å². The van der Waals surface area contributed by atoms with Gasteiger partial charge in [-0.3, -0.25) is 14.2 Å². The van der Waals surface area contributed by atoms with Gasteiger partial charge in [0.25, 0.3) is 5.91 Å². The molecule has 2 amide bonds. The van der Waals surface area contributed by atoms with E-state index in [1.165, 1.54) is 11.8 Å². The summed E-state index contributed by atoms with van der Waals surface area (Å²) in [7, 11) is 1.57. The zero-order valence-corrected chi connectivity index (χ0v) is 20.2. The first kappa shape index (κ1) is 23.5. The molecule has 0 saturated carbocycles. The van der Waals surface area contributed by atoms with Gasteiger partial charge >= 0.3 is 0 Å². The Hall–Kier alpha value is -3.62. The average molecular weight is 492 g/mol. The molecule has 3 aromatic carbocycles. The molecule has 0 bridgehead atoms. The summed E-state index contributed by atoms with van der Waals surface area (Å²) >= 11 is 7.35. The van der Waals surface area contributed by atoms with Crippen LogP contribution in [-0.2, 0) is 4.79 Å². The lowest BCUT2D eigenvalue weighted by molar-refractivity contribution is -0.113. The van der Waals surface area contributed by atoms with Crippen LogP contribution >= 0.6 is 23.4 Å². The van der Waals surface area contributed by atoms with Gasteiger partial charge in [-0.1, -0.05) is 41.6 Å². The number of benzene rings is 3. The summed E-state index contributed by atoms with van der Waals surface area (Å²) in [5, 5.41) is 15.4. The van der Waals surface area contributed by atoms with E-state index in [1.807, 2.05) is 60.0 Å². The molecule has 0 radical (unpaired) electrons. The number of carbonyl (C=O) groups is 2. The molecule has 0 aliphatic rings. The van der Waals surface area contributed by atoms with Crippen LogP contribution in [-0.4, -0.2) is 39.4 Å². The fourth-order valence-corrected chi connectivity index (χ4v) is 4.23. The van der Waals surface area contributed by atoms with Crippen LogP contribution in [0.3, 0.4) is 0 Å². The van der Waals surface area contributed by atoms with Crippen molar-refractivity contribution in [1.82, 2.24) is 20.1 Å². The number of halogens is 1. The van der Waals surface area contributed by atoms with Crippen molar-refractivity contribution in [3.05, 3.63) is 88.9 Å². The highest BCUT2D eigenvalue weighted by molar-refractivity contribution is 7.99. The van der Waals surface area contributed by atoms with Crippen LogP contribution in [0.25, 0.3) is 17.1 Å². The van der Waals surface area contributed by atoms with Crippen molar-refractivity contribution in [2.45, 2.75) is 12.1 Å². The molecule has 0 spiro atoms. The number of rotatable bonds is 7. The van der Waals surface area contributed by atoms with Crippen molar-refractivity contribution in [2.75, 3.05) is 18.1 Å². The first-order valence-corrected chi connectivity index (χ1v) is 11.8. The number of aromatic nitrogens is 3. The van der Waals surface area contributed by atoms with Gasteiger partial charge in [0.1, 0.15) is 0 Å². The first-order chi connectivity index (χ1) is 16.5. The predicted molar refractivity (Wildman–Crippen MR) is 136 cm³/mol. The molecule has 0 aliphatic heterocycles. The fraction of sp³-hybridized carbons (Fsp3) is 0.120. The second-order valence-corrected chi connectivity index (χ2v) is 8.81. The van der Waals surface area contributed by atoms with E-state index in [0.29, 0.717) is 27.3 Å². The summed E-state index contributed by atoms with van der Waals surface area (Å²) in [6.45, 7) is 2.02. The first-order valence-electron chi connectivity index (χ1n) is 10.5. The number of anilines is 1. The summed E-state index contributed by atoms with van der Waals surface area (Å²) in [6, 6.07) is 22.1. The molecular weight excluding hydrogens is 470 g/mol. The molecule has 0 fully saturated rings. The zero-order valence-electron chi connectivity index (χ0n) is 18.6. The molecule has 34 heavy (non-hydrogen) atoms. The Morgan fingerprint density at radius 1 is 0.971 bits per heavy atom. The van der Waals surface area contributed by atoms with Crippen molar-refractivity contribution in [1.29, 1.82) is 0 Å². The third-order valence-corrected chi connectivity index (χ3v) is 6.26. The van der Waals surface area contributed by atoms with Crippen molar-refractivity contribution in [3.8, 4) is 17.1 Å². The molecule has 1 aromatic heterocycles. The van der Waals surface area contributed by atoms with Gasteiger partial charge < -0.3 is 10.6 Å². The molecule has 9 heteroatoms. The molecule has 1 heterocycles. The highest BCUT2D eigenvalue weighted by atomic mass is 35.5. The summed E-state index contributed by atoms with van der Waals surface area (Å²) in [5.74, 6) is 0.436. The molecule has 0 unspecified atom stereocenters. The number of amides is 2. The molecule has 172 valence electrons. The number of nitrogens with one attached hydrogen (secondary N) is 2. The topological polar surface area (TPSA) is 88.9 Å². The van der Waals surface area contributed by atoms with Gasteiger partial charge in [0.2, 0.25) is 5.91 Å². The Balaban J connectivity index is 1.55. The number of thioether (sulfide) groups is 1. The predicted octanol–water partition coefficient (Wildman–Crippen LogP) is 4.99. The lowest BCUT2D eigenvalue weighted by Crippen LogP contribution is -2.18. The molecular formula is C25H22ClN5O2S. The molecule has 2 N–H and O–H groups in total. The Bertz CT molecular complexity index is 1320. The number of aryl methyl sites for hydroxylation is 1. The van der Waals surface area contributed by atoms with Gasteiger partial charge in [0.15, 0.2) is 11.0 Å². The van der Waals surface area contributed by atoms with Crippen LogP contribution < -0.4 is 10.6 Å². The number of nitrogens with zero attached hydrogens (tertiary/aromatic N) is 3. The van der Waals surface area contributed by atoms with Gasteiger partial charge in [0, 0.05) is 28.9 Å². The number of hydrogen-bond acceptors (Lipinski definition) is 5. The molecule has 0 saturated heterocycles. The van der Waals surface area contributed by atoms with Gasteiger partial charge in [-0.2, -0.15) is 0 Å². The minimum atomic E-state index is -0.190. The van der Waals surface area contributed by atoms with Crippen LogP contribution in [0.1, 0.15) is 15.9 Å². The summed E-state index contributed by atoms with van der Waals surface area (Å²) < 4.78 is 1.95. The van der Waals surface area contributed by atoms with Crippen molar-refractivity contribution < 1.29 is 9.59 Å². The standard InChI is InChI=1S/C25H22ClN5O2S/c1-16-5-3-4-6-21(16)31-23(17-7-11-19(26)12-8-17)29-30-25(31)34-15-22(32)28-20-13-9-18(10-14-20)24(33)27-2/h3-14H,15H2,1-2H3,(H,27,33)(H,28,32). The SMILES string of the molecule is CNC(=O)c1ccc(NC(=O)CSc2nnc(-c3ccc(Cl)cc3)n2-c2ccccc2C)cc1. The van der Waals surface area contributed by atoms with Crippen molar-refractivity contribution >= 4 is 40.9 Å². The average Bonchev–Trinajstić information content (AvgIpc) is 3.27. The van der Waals surface area contributed by atoms with Crippen LogP contribution in [0.15, 0.2) is 78.0 Å². The Morgan fingerprint density at radius 2 is 1.68 bits per heavy atom. The Kier molecular flexibility index (Phi) is 7.30. The van der Waals surface area contributed by atoms with Gasteiger partial charge in [-0.25, -0.2) is 0 Å². The third kappa shape index (κ3) is 5.30. The van der Waals surface area contributed by atoms with Gasteiger partial charge in [0.05, 0.1) is 11.4 Å².